The van der Waals surface area contributed by atoms with Crippen LogP contribution >= 0.6 is 0 Å². The molecule has 2 aliphatic carbocycles. The fourth-order valence-electron chi connectivity index (χ4n) is 2.98. The molecule has 18 heavy (non-hydrogen) atoms. The van der Waals surface area contributed by atoms with Gasteiger partial charge in [-0.25, -0.2) is 0 Å². The van der Waals surface area contributed by atoms with E-state index >= 15 is 0 Å². The molecule has 0 aliphatic heterocycles. The first-order valence-corrected chi connectivity index (χ1v) is 6.25. The zero-order valence-electron chi connectivity index (χ0n) is 9.97. The molecule has 3 atom stereocenters. The van der Waals surface area contributed by atoms with Crippen LogP contribution in [0.15, 0.2) is 36.4 Å². The van der Waals surface area contributed by atoms with E-state index in [4.69, 9.17) is 5.26 Å². The summed E-state index contributed by atoms with van der Waals surface area (Å²) in [4.78, 5) is 12.2. The van der Waals surface area contributed by atoms with E-state index in [2.05, 4.69) is 23.5 Å². The smallest absolute Gasteiger partial charge is 0.228 e. The number of hydrogen-bond donors (Lipinski definition) is 1. The highest BCUT2D eigenvalue weighted by Gasteiger charge is 2.39. The minimum absolute atomic E-state index is 0.0851. The van der Waals surface area contributed by atoms with Crippen molar-refractivity contribution >= 4 is 11.6 Å². The lowest BCUT2D eigenvalue weighted by Crippen LogP contribution is -2.25. The molecule has 3 nitrogen and oxygen atoms in total. The predicted molar refractivity (Wildman–Crippen MR) is 68.6 cm³/mol. The number of fused-ring (bicyclic) bond motifs is 2. The Balaban J connectivity index is 1.71. The summed E-state index contributed by atoms with van der Waals surface area (Å²) in [7, 11) is 0. The molecule has 1 aromatic rings. The molecular weight excluding hydrogens is 224 g/mol. The van der Waals surface area contributed by atoms with Crippen molar-refractivity contribution in [3.63, 3.8) is 0 Å². The molecule has 2 aliphatic rings. The summed E-state index contributed by atoms with van der Waals surface area (Å²) >= 11 is 0. The van der Waals surface area contributed by atoms with Gasteiger partial charge in [-0.2, -0.15) is 5.26 Å². The van der Waals surface area contributed by atoms with Gasteiger partial charge in [0.15, 0.2) is 0 Å². The van der Waals surface area contributed by atoms with E-state index in [-0.39, 0.29) is 11.8 Å². The third-order valence-electron chi connectivity index (χ3n) is 3.87. The number of benzene rings is 1. The van der Waals surface area contributed by atoms with E-state index in [0.717, 1.165) is 12.8 Å². The molecule has 0 heterocycles. The van der Waals surface area contributed by atoms with Gasteiger partial charge in [0.2, 0.25) is 5.91 Å². The maximum absolute atomic E-state index is 12.2. The van der Waals surface area contributed by atoms with Crippen molar-refractivity contribution in [2.75, 3.05) is 5.32 Å². The second-order valence-electron chi connectivity index (χ2n) is 5.07. The van der Waals surface area contributed by atoms with Gasteiger partial charge in [0.1, 0.15) is 0 Å². The molecule has 1 amide bonds. The highest BCUT2D eigenvalue weighted by molar-refractivity contribution is 5.93. The summed E-state index contributed by atoms with van der Waals surface area (Å²) in [5, 5.41) is 11.7. The lowest BCUT2D eigenvalue weighted by molar-refractivity contribution is -0.120. The Hall–Kier alpha value is -2.08. The summed E-state index contributed by atoms with van der Waals surface area (Å²) in [5.41, 5.74) is 1.28. The van der Waals surface area contributed by atoms with Crippen molar-refractivity contribution in [1.82, 2.24) is 0 Å². The van der Waals surface area contributed by atoms with Crippen LogP contribution in [0.25, 0.3) is 0 Å². The average Bonchev–Trinajstić information content (AvgIpc) is 3.01. The van der Waals surface area contributed by atoms with Gasteiger partial charge in [0.25, 0.3) is 0 Å². The third-order valence-corrected chi connectivity index (χ3v) is 3.87. The maximum atomic E-state index is 12.2. The summed E-state index contributed by atoms with van der Waals surface area (Å²) in [6.07, 6.45) is 6.48. The largest absolute Gasteiger partial charge is 0.326 e. The number of rotatable bonds is 2. The molecule has 0 radical (unpaired) electrons. The number of carbonyl (C=O) groups excluding carboxylic acids is 1. The number of nitriles is 1. The minimum atomic E-state index is 0.0851. The topological polar surface area (TPSA) is 52.9 Å². The second kappa shape index (κ2) is 4.30. The molecule has 3 rings (SSSR count). The van der Waals surface area contributed by atoms with Gasteiger partial charge >= 0.3 is 0 Å². The van der Waals surface area contributed by atoms with Gasteiger partial charge in [-0.05, 0) is 42.9 Å². The first kappa shape index (κ1) is 11.0. The lowest BCUT2D eigenvalue weighted by Gasteiger charge is -2.17. The Morgan fingerprint density at radius 3 is 2.89 bits per heavy atom. The van der Waals surface area contributed by atoms with E-state index in [9.17, 15) is 4.79 Å². The minimum Gasteiger partial charge on any atom is -0.326 e. The number of carbonyl (C=O) groups is 1. The summed E-state index contributed by atoms with van der Waals surface area (Å²) in [5.74, 6) is 1.19. The third kappa shape index (κ3) is 1.91. The van der Waals surface area contributed by atoms with Gasteiger partial charge < -0.3 is 5.32 Å². The Kier molecular flexibility index (Phi) is 2.64. The van der Waals surface area contributed by atoms with Gasteiger partial charge in [-0.1, -0.05) is 18.2 Å². The van der Waals surface area contributed by atoms with E-state index in [1.807, 2.05) is 6.07 Å². The van der Waals surface area contributed by atoms with Crippen LogP contribution in [0, 0.1) is 29.1 Å². The molecule has 90 valence electrons. The van der Waals surface area contributed by atoms with Crippen LogP contribution in [0.3, 0.4) is 0 Å². The van der Waals surface area contributed by atoms with E-state index < -0.39 is 0 Å². The van der Waals surface area contributed by atoms with Crippen molar-refractivity contribution < 1.29 is 4.79 Å². The monoisotopic (exact) mass is 238 g/mol. The van der Waals surface area contributed by atoms with Gasteiger partial charge in [0, 0.05) is 11.6 Å². The molecule has 1 fully saturated rings. The average molecular weight is 238 g/mol. The van der Waals surface area contributed by atoms with Crippen LogP contribution in [0.5, 0.6) is 0 Å². The maximum Gasteiger partial charge on any atom is 0.228 e. The number of nitrogens with one attached hydrogen (secondary N) is 1. The fraction of sp³-hybridized carbons (Fsp3) is 0.333. The Morgan fingerprint density at radius 1 is 1.33 bits per heavy atom. The molecule has 0 saturated heterocycles. The van der Waals surface area contributed by atoms with Crippen molar-refractivity contribution in [1.29, 1.82) is 5.26 Å². The molecule has 1 N–H and O–H groups in total. The van der Waals surface area contributed by atoms with Crippen molar-refractivity contribution in [2.45, 2.75) is 12.8 Å². The van der Waals surface area contributed by atoms with Crippen LogP contribution in [-0.4, -0.2) is 5.91 Å². The highest BCUT2D eigenvalue weighted by atomic mass is 16.1. The molecule has 0 aromatic heterocycles. The van der Waals surface area contributed by atoms with Gasteiger partial charge in [0.05, 0.1) is 11.6 Å². The molecule has 3 heteroatoms. The van der Waals surface area contributed by atoms with E-state index in [1.54, 1.807) is 18.2 Å². The number of anilines is 1. The molecular formula is C15H14N2O. The van der Waals surface area contributed by atoms with Crippen molar-refractivity contribution in [3.05, 3.63) is 42.0 Å². The number of allylic oxidation sites excluding steroid dienone is 2. The van der Waals surface area contributed by atoms with Gasteiger partial charge in [-0.15, -0.1) is 0 Å². The normalized spacial score (nSPS) is 28.1. The SMILES string of the molecule is N#Cc1cccc(NC(=O)[C@H]2C[C@H]3C=C[C@H]2C3)c1. The fourth-order valence-corrected chi connectivity index (χ4v) is 2.98. The zero-order chi connectivity index (χ0) is 12.5. The first-order chi connectivity index (χ1) is 8.76. The molecule has 2 bridgehead atoms. The quantitative estimate of drug-likeness (QED) is 0.805. The highest BCUT2D eigenvalue weighted by Crippen LogP contribution is 2.43. The van der Waals surface area contributed by atoms with Crippen molar-refractivity contribution in [3.8, 4) is 6.07 Å². The Bertz CT molecular complexity index is 556. The van der Waals surface area contributed by atoms with Crippen LogP contribution in [-0.2, 0) is 4.79 Å². The number of nitrogens with zero attached hydrogens (tertiary/aromatic N) is 1. The molecule has 0 unspecified atom stereocenters. The number of amides is 1. The van der Waals surface area contributed by atoms with E-state index in [0.29, 0.717) is 23.1 Å². The van der Waals surface area contributed by atoms with Crippen LogP contribution in [0.2, 0.25) is 0 Å². The van der Waals surface area contributed by atoms with Crippen molar-refractivity contribution in [2.24, 2.45) is 17.8 Å². The zero-order valence-corrected chi connectivity index (χ0v) is 9.97. The summed E-state index contributed by atoms with van der Waals surface area (Å²) in [6, 6.07) is 9.12. The van der Waals surface area contributed by atoms with Crippen LogP contribution in [0.1, 0.15) is 18.4 Å². The summed E-state index contributed by atoms with van der Waals surface area (Å²) in [6.45, 7) is 0. The lowest BCUT2D eigenvalue weighted by atomic mass is 9.93. The van der Waals surface area contributed by atoms with E-state index in [1.165, 1.54) is 0 Å². The number of hydrogen-bond acceptors (Lipinski definition) is 2. The Labute approximate surface area is 106 Å². The molecule has 0 spiro atoms. The first-order valence-electron chi connectivity index (χ1n) is 6.25. The second-order valence-corrected chi connectivity index (χ2v) is 5.07. The summed E-state index contributed by atoms with van der Waals surface area (Å²) < 4.78 is 0. The van der Waals surface area contributed by atoms with Crippen LogP contribution in [0.4, 0.5) is 5.69 Å². The van der Waals surface area contributed by atoms with Crippen LogP contribution < -0.4 is 5.32 Å². The van der Waals surface area contributed by atoms with Gasteiger partial charge in [-0.3, -0.25) is 4.79 Å². The standard InChI is InChI=1S/C15H14N2O/c16-9-11-2-1-3-13(7-11)17-15(18)14-8-10-4-5-12(14)6-10/h1-5,7,10,12,14H,6,8H2,(H,17,18)/t10-,12-,14-/m0/s1. The molecule has 1 saturated carbocycles. The predicted octanol–water partition coefficient (Wildman–Crippen LogP) is 2.71. The molecule has 1 aromatic carbocycles. The Morgan fingerprint density at radius 2 is 2.22 bits per heavy atom.